The lowest BCUT2D eigenvalue weighted by Crippen LogP contribution is -2.25. The predicted molar refractivity (Wildman–Crippen MR) is 103 cm³/mol. The average Bonchev–Trinajstić information content (AvgIpc) is 2.73. The Labute approximate surface area is 159 Å². The van der Waals surface area contributed by atoms with Gasteiger partial charge in [0.1, 0.15) is 19.0 Å². The van der Waals surface area contributed by atoms with Crippen molar-refractivity contribution in [3.8, 4) is 17.2 Å². The van der Waals surface area contributed by atoms with Gasteiger partial charge in [-0.1, -0.05) is 6.07 Å². The number of fused-ring (bicyclic) bond motifs is 1. The topological polar surface area (TPSA) is 72.9 Å². The van der Waals surface area contributed by atoms with E-state index in [1.165, 1.54) is 0 Å². The third kappa shape index (κ3) is 4.24. The molecule has 2 heterocycles. The Morgan fingerprint density at radius 1 is 1.22 bits per heavy atom. The smallest absolute Gasteiger partial charge is 0.251 e. The highest BCUT2D eigenvalue weighted by molar-refractivity contribution is 5.95. The van der Waals surface area contributed by atoms with Crippen LogP contribution in [-0.2, 0) is 6.54 Å². The van der Waals surface area contributed by atoms with Crippen LogP contribution in [0.1, 0.15) is 29.8 Å². The predicted octanol–water partition coefficient (Wildman–Crippen LogP) is 2.64. The number of rotatable bonds is 7. The highest BCUT2D eigenvalue weighted by Crippen LogP contribution is 2.40. The molecule has 2 aromatic rings. The minimum atomic E-state index is -0.210. The lowest BCUT2D eigenvalue weighted by Gasteiger charge is -2.21. The molecule has 27 heavy (non-hydrogen) atoms. The molecule has 0 aliphatic carbocycles. The van der Waals surface area contributed by atoms with Gasteiger partial charge in [0.15, 0.2) is 11.5 Å². The summed E-state index contributed by atoms with van der Waals surface area (Å²) in [5, 5.41) is 2.91. The number of anilines is 1. The standard InChI is InChI=1S/C20H25N3O4/c1-4-23(5-2)18-7-6-14(12-21-18)13-22-20(24)15-10-16(25-3)19-17(11-15)26-8-9-27-19/h6-7,10-12H,4-5,8-9,13H2,1-3H3,(H,22,24). The summed E-state index contributed by atoms with van der Waals surface area (Å²) in [6, 6.07) is 7.28. The van der Waals surface area contributed by atoms with Crippen molar-refractivity contribution < 1.29 is 19.0 Å². The third-order valence-corrected chi connectivity index (χ3v) is 4.44. The van der Waals surface area contributed by atoms with Gasteiger partial charge in [-0.3, -0.25) is 4.79 Å². The van der Waals surface area contributed by atoms with E-state index < -0.39 is 0 Å². The molecule has 0 bridgehead atoms. The van der Waals surface area contributed by atoms with Crippen molar-refractivity contribution in [3.63, 3.8) is 0 Å². The van der Waals surface area contributed by atoms with Crippen molar-refractivity contribution in [2.75, 3.05) is 38.3 Å². The van der Waals surface area contributed by atoms with Crippen molar-refractivity contribution in [3.05, 3.63) is 41.6 Å². The van der Waals surface area contributed by atoms with Crippen LogP contribution in [0.25, 0.3) is 0 Å². The van der Waals surface area contributed by atoms with E-state index in [9.17, 15) is 4.79 Å². The Balaban J connectivity index is 1.67. The Morgan fingerprint density at radius 2 is 2.00 bits per heavy atom. The number of ether oxygens (including phenoxy) is 3. The molecule has 0 saturated carbocycles. The molecule has 7 heteroatoms. The fraction of sp³-hybridized carbons (Fsp3) is 0.400. The number of nitrogens with zero attached hydrogens (tertiary/aromatic N) is 2. The second-order valence-electron chi connectivity index (χ2n) is 6.08. The van der Waals surface area contributed by atoms with E-state index in [-0.39, 0.29) is 5.91 Å². The van der Waals surface area contributed by atoms with Crippen LogP contribution in [0.5, 0.6) is 17.2 Å². The zero-order chi connectivity index (χ0) is 19.2. The highest BCUT2D eigenvalue weighted by Gasteiger charge is 2.20. The molecule has 144 valence electrons. The Morgan fingerprint density at radius 3 is 2.67 bits per heavy atom. The summed E-state index contributed by atoms with van der Waals surface area (Å²) in [6.07, 6.45) is 1.79. The zero-order valence-corrected chi connectivity index (χ0v) is 15.9. The summed E-state index contributed by atoms with van der Waals surface area (Å²) in [4.78, 5) is 19.2. The summed E-state index contributed by atoms with van der Waals surface area (Å²) in [5.74, 6) is 2.28. The fourth-order valence-corrected chi connectivity index (χ4v) is 2.94. The van der Waals surface area contributed by atoms with Gasteiger partial charge in [0.05, 0.1) is 7.11 Å². The molecule has 1 aromatic carbocycles. The third-order valence-electron chi connectivity index (χ3n) is 4.44. The van der Waals surface area contributed by atoms with Crippen LogP contribution in [0.4, 0.5) is 5.82 Å². The minimum Gasteiger partial charge on any atom is -0.493 e. The molecule has 0 saturated heterocycles. The maximum atomic E-state index is 12.5. The number of amides is 1. The van der Waals surface area contributed by atoms with Crippen molar-refractivity contribution in [2.45, 2.75) is 20.4 Å². The molecule has 3 rings (SSSR count). The number of benzene rings is 1. The summed E-state index contributed by atoms with van der Waals surface area (Å²) < 4.78 is 16.5. The van der Waals surface area contributed by atoms with Gasteiger partial charge in [0.2, 0.25) is 5.75 Å². The van der Waals surface area contributed by atoms with E-state index in [0.717, 1.165) is 24.5 Å². The lowest BCUT2D eigenvalue weighted by molar-refractivity contribution is 0.0949. The van der Waals surface area contributed by atoms with Crippen molar-refractivity contribution in [2.24, 2.45) is 0 Å². The summed E-state index contributed by atoms with van der Waals surface area (Å²) in [6.45, 7) is 7.32. The maximum absolute atomic E-state index is 12.5. The van der Waals surface area contributed by atoms with E-state index in [2.05, 4.69) is 29.0 Å². The number of aromatic nitrogens is 1. The van der Waals surface area contributed by atoms with Crippen LogP contribution in [0.15, 0.2) is 30.5 Å². The number of carbonyl (C=O) groups excluding carboxylic acids is 1. The quantitative estimate of drug-likeness (QED) is 0.807. The van der Waals surface area contributed by atoms with Crippen LogP contribution in [-0.4, -0.2) is 44.3 Å². The van der Waals surface area contributed by atoms with Crippen LogP contribution >= 0.6 is 0 Å². The number of pyridine rings is 1. The first-order valence-electron chi connectivity index (χ1n) is 9.12. The number of hydrogen-bond donors (Lipinski definition) is 1. The molecule has 0 atom stereocenters. The summed E-state index contributed by atoms with van der Waals surface area (Å²) >= 11 is 0. The van der Waals surface area contributed by atoms with Crippen LogP contribution in [0, 0.1) is 0 Å². The second kappa shape index (κ2) is 8.62. The van der Waals surface area contributed by atoms with Crippen molar-refractivity contribution >= 4 is 11.7 Å². The molecular weight excluding hydrogens is 346 g/mol. The van der Waals surface area contributed by atoms with Crippen LogP contribution in [0.3, 0.4) is 0 Å². The highest BCUT2D eigenvalue weighted by atomic mass is 16.6. The molecule has 1 aliphatic heterocycles. The Kier molecular flexibility index (Phi) is 6.01. The Bertz CT molecular complexity index is 771. The molecule has 7 nitrogen and oxygen atoms in total. The first-order chi connectivity index (χ1) is 13.2. The summed E-state index contributed by atoms with van der Waals surface area (Å²) in [7, 11) is 1.54. The second-order valence-corrected chi connectivity index (χ2v) is 6.08. The van der Waals surface area contributed by atoms with Gasteiger partial charge in [-0.25, -0.2) is 4.98 Å². The van der Waals surface area contributed by atoms with Crippen LogP contribution < -0.4 is 24.4 Å². The molecule has 0 unspecified atom stereocenters. The molecular formula is C20H25N3O4. The molecule has 0 fully saturated rings. The fourth-order valence-electron chi connectivity index (χ4n) is 2.94. The van der Waals surface area contributed by atoms with Crippen LogP contribution in [0.2, 0.25) is 0 Å². The number of methoxy groups -OCH3 is 1. The van der Waals surface area contributed by atoms with Gasteiger partial charge >= 0.3 is 0 Å². The first kappa shape index (κ1) is 18.8. The average molecular weight is 371 g/mol. The van der Waals surface area contributed by atoms with Gasteiger partial charge in [-0.15, -0.1) is 0 Å². The van der Waals surface area contributed by atoms with E-state index in [1.807, 2.05) is 12.1 Å². The lowest BCUT2D eigenvalue weighted by atomic mass is 10.1. The normalized spacial score (nSPS) is 12.4. The van der Waals surface area contributed by atoms with Gasteiger partial charge in [0.25, 0.3) is 5.91 Å². The van der Waals surface area contributed by atoms with Gasteiger partial charge in [0, 0.05) is 31.4 Å². The first-order valence-corrected chi connectivity index (χ1v) is 9.12. The monoisotopic (exact) mass is 371 g/mol. The maximum Gasteiger partial charge on any atom is 0.251 e. The molecule has 0 spiro atoms. The molecule has 1 N–H and O–H groups in total. The molecule has 1 aliphatic rings. The zero-order valence-electron chi connectivity index (χ0n) is 15.9. The largest absolute Gasteiger partial charge is 0.493 e. The molecule has 0 radical (unpaired) electrons. The van der Waals surface area contributed by atoms with E-state index in [0.29, 0.717) is 42.6 Å². The van der Waals surface area contributed by atoms with E-state index >= 15 is 0 Å². The number of carbonyl (C=O) groups is 1. The number of nitrogens with one attached hydrogen (secondary N) is 1. The van der Waals surface area contributed by atoms with Gasteiger partial charge in [-0.2, -0.15) is 0 Å². The number of hydrogen-bond acceptors (Lipinski definition) is 6. The minimum absolute atomic E-state index is 0.210. The molecule has 1 aromatic heterocycles. The van der Waals surface area contributed by atoms with E-state index in [1.54, 1.807) is 25.4 Å². The SMILES string of the molecule is CCN(CC)c1ccc(CNC(=O)c2cc(OC)c3c(c2)OCCO3)cn1. The van der Waals surface area contributed by atoms with Crippen molar-refractivity contribution in [1.29, 1.82) is 0 Å². The van der Waals surface area contributed by atoms with E-state index in [4.69, 9.17) is 14.2 Å². The van der Waals surface area contributed by atoms with Crippen molar-refractivity contribution in [1.82, 2.24) is 10.3 Å². The van der Waals surface area contributed by atoms with Gasteiger partial charge in [-0.05, 0) is 37.6 Å². The van der Waals surface area contributed by atoms with Gasteiger partial charge < -0.3 is 24.4 Å². The summed E-state index contributed by atoms with van der Waals surface area (Å²) in [5.41, 5.74) is 1.40. The Hall–Kier alpha value is -2.96. The molecule has 1 amide bonds.